The average molecular weight is 246 g/mol. The lowest BCUT2D eigenvalue weighted by Crippen LogP contribution is -2.43. The molecule has 0 spiro atoms. The van der Waals surface area contributed by atoms with Gasteiger partial charge in [0.1, 0.15) is 0 Å². The van der Waals surface area contributed by atoms with E-state index in [0.717, 1.165) is 12.8 Å². The number of hydrogen-bond donors (Lipinski definition) is 2. The zero-order valence-corrected chi connectivity index (χ0v) is 11.2. The molecule has 102 valence electrons. The maximum Gasteiger partial charge on any atom is 0.265 e. The Morgan fingerprint density at radius 3 is 2.53 bits per heavy atom. The first-order chi connectivity index (χ1) is 8.19. The van der Waals surface area contributed by atoms with Crippen LogP contribution in [0.3, 0.4) is 0 Å². The van der Waals surface area contributed by atoms with Crippen molar-refractivity contribution in [3.63, 3.8) is 0 Å². The highest BCUT2D eigenvalue weighted by molar-refractivity contribution is 5.80. The molecule has 5 heteroatoms. The van der Waals surface area contributed by atoms with Crippen LogP contribution in [0.15, 0.2) is 0 Å². The van der Waals surface area contributed by atoms with Crippen LogP contribution in [-0.4, -0.2) is 32.3 Å². The Hall–Kier alpha value is -0.650. The van der Waals surface area contributed by atoms with E-state index >= 15 is 0 Å². The van der Waals surface area contributed by atoms with Crippen LogP contribution < -0.4 is 11.3 Å². The van der Waals surface area contributed by atoms with Crippen molar-refractivity contribution in [1.29, 1.82) is 0 Å². The van der Waals surface area contributed by atoms with Gasteiger partial charge >= 0.3 is 0 Å². The number of hydrazine groups is 1. The van der Waals surface area contributed by atoms with Gasteiger partial charge in [0.2, 0.25) is 0 Å². The molecular weight excluding hydrogens is 220 g/mol. The number of rotatable bonds is 10. The summed E-state index contributed by atoms with van der Waals surface area (Å²) in [7, 11) is 1.54. The number of hydrogen-bond acceptors (Lipinski definition) is 4. The van der Waals surface area contributed by atoms with E-state index in [-0.39, 0.29) is 12.5 Å². The summed E-state index contributed by atoms with van der Waals surface area (Å²) in [5, 5.41) is 0. The molecule has 0 aliphatic carbocycles. The third-order valence-corrected chi connectivity index (χ3v) is 2.83. The second-order valence-electron chi connectivity index (χ2n) is 4.20. The van der Waals surface area contributed by atoms with Gasteiger partial charge < -0.3 is 9.47 Å². The molecule has 1 amide bonds. The summed E-state index contributed by atoms with van der Waals surface area (Å²) < 4.78 is 10.5. The van der Waals surface area contributed by atoms with Crippen molar-refractivity contribution in [2.24, 2.45) is 11.8 Å². The SMILES string of the molecule is CCCCC(CC)COC(COC)C(=O)NN. The van der Waals surface area contributed by atoms with Gasteiger partial charge in [-0.2, -0.15) is 0 Å². The van der Waals surface area contributed by atoms with Crippen molar-refractivity contribution in [3.8, 4) is 0 Å². The topological polar surface area (TPSA) is 73.6 Å². The molecule has 0 saturated carbocycles. The van der Waals surface area contributed by atoms with Crippen LogP contribution in [0.25, 0.3) is 0 Å². The first kappa shape index (κ1) is 16.4. The fraction of sp³-hybridized carbons (Fsp3) is 0.917. The molecule has 0 aliphatic heterocycles. The second kappa shape index (κ2) is 10.5. The van der Waals surface area contributed by atoms with E-state index in [2.05, 4.69) is 19.3 Å². The van der Waals surface area contributed by atoms with Gasteiger partial charge in [-0.3, -0.25) is 10.2 Å². The number of amides is 1. The molecule has 0 aromatic carbocycles. The second-order valence-corrected chi connectivity index (χ2v) is 4.20. The predicted octanol–water partition coefficient (Wildman–Crippen LogP) is 1.22. The lowest BCUT2D eigenvalue weighted by Gasteiger charge is -2.20. The van der Waals surface area contributed by atoms with Gasteiger partial charge in [-0.1, -0.05) is 33.1 Å². The number of nitrogens with one attached hydrogen (secondary N) is 1. The maximum absolute atomic E-state index is 11.4. The number of nitrogens with two attached hydrogens (primary N) is 1. The summed E-state index contributed by atoms with van der Waals surface area (Å²) in [6, 6.07) is 0. The van der Waals surface area contributed by atoms with E-state index in [1.165, 1.54) is 20.0 Å². The fourth-order valence-electron chi connectivity index (χ4n) is 1.59. The Bertz CT molecular complexity index is 200. The van der Waals surface area contributed by atoms with Crippen molar-refractivity contribution in [2.45, 2.75) is 45.6 Å². The Morgan fingerprint density at radius 2 is 2.06 bits per heavy atom. The van der Waals surface area contributed by atoms with E-state index in [1.54, 1.807) is 0 Å². The molecule has 0 aromatic heterocycles. The highest BCUT2D eigenvalue weighted by Gasteiger charge is 2.19. The van der Waals surface area contributed by atoms with Crippen LogP contribution in [0.2, 0.25) is 0 Å². The van der Waals surface area contributed by atoms with E-state index < -0.39 is 6.10 Å². The number of carbonyl (C=O) groups is 1. The van der Waals surface area contributed by atoms with Crippen molar-refractivity contribution < 1.29 is 14.3 Å². The van der Waals surface area contributed by atoms with Gasteiger partial charge in [-0.15, -0.1) is 0 Å². The normalized spacial score (nSPS) is 14.4. The van der Waals surface area contributed by atoms with Crippen LogP contribution in [0, 0.1) is 5.92 Å². The number of carbonyl (C=O) groups excluding carboxylic acids is 1. The summed E-state index contributed by atoms with van der Waals surface area (Å²) in [5.41, 5.74) is 2.09. The first-order valence-electron chi connectivity index (χ1n) is 6.30. The zero-order chi connectivity index (χ0) is 13.1. The van der Waals surface area contributed by atoms with E-state index in [4.69, 9.17) is 15.3 Å². The van der Waals surface area contributed by atoms with Crippen molar-refractivity contribution >= 4 is 5.91 Å². The van der Waals surface area contributed by atoms with Gasteiger partial charge in [0.05, 0.1) is 13.2 Å². The fourth-order valence-corrected chi connectivity index (χ4v) is 1.59. The number of ether oxygens (including phenoxy) is 2. The smallest absolute Gasteiger partial charge is 0.265 e. The zero-order valence-electron chi connectivity index (χ0n) is 11.2. The molecule has 5 nitrogen and oxygen atoms in total. The van der Waals surface area contributed by atoms with E-state index in [1.807, 2.05) is 0 Å². The van der Waals surface area contributed by atoms with Crippen molar-refractivity contribution in [3.05, 3.63) is 0 Å². The molecule has 0 aliphatic rings. The van der Waals surface area contributed by atoms with Crippen molar-refractivity contribution in [2.75, 3.05) is 20.3 Å². The first-order valence-corrected chi connectivity index (χ1v) is 6.30. The quantitative estimate of drug-likeness (QED) is 0.345. The molecule has 0 heterocycles. The molecule has 2 atom stereocenters. The lowest BCUT2D eigenvalue weighted by molar-refractivity contribution is -0.137. The lowest BCUT2D eigenvalue weighted by atomic mass is 10.0. The molecule has 17 heavy (non-hydrogen) atoms. The summed E-state index contributed by atoms with van der Waals surface area (Å²) in [4.78, 5) is 11.4. The van der Waals surface area contributed by atoms with Crippen LogP contribution >= 0.6 is 0 Å². The average Bonchev–Trinajstić information content (AvgIpc) is 2.36. The van der Waals surface area contributed by atoms with Crippen molar-refractivity contribution in [1.82, 2.24) is 5.43 Å². The predicted molar refractivity (Wildman–Crippen MR) is 67.3 cm³/mol. The number of methoxy groups -OCH3 is 1. The molecule has 0 aromatic rings. The highest BCUT2D eigenvalue weighted by atomic mass is 16.5. The molecule has 3 N–H and O–H groups in total. The van der Waals surface area contributed by atoms with Gasteiger partial charge in [-0.05, 0) is 12.3 Å². The summed E-state index contributed by atoms with van der Waals surface area (Å²) in [6.07, 6.45) is 3.96. The van der Waals surface area contributed by atoms with Gasteiger partial charge in [-0.25, -0.2) is 5.84 Å². The summed E-state index contributed by atoms with van der Waals surface area (Å²) >= 11 is 0. The molecular formula is C12H26N2O3. The largest absolute Gasteiger partial charge is 0.381 e. The molecule has 0 radical (unpaired) electrons. The molecule has 2 unspecified atom stereocenters. The molecule has 0 bridgehead atoms. The summed E-state index contributed by atoms with van der Waals surface area (Å²) in [6.45, 7) is 5.12. The minimum absolute atomic E-state index is 0.229. The number of unbranched alkanes of at least 4 members (excludes halogenated alkanes) is 1. The van der Waals surface area contributed by atoms with Gasteiger partial charge in [0, 0.05) is 7.11 Å². The van der Waals surface area contributed by atoms with E-state index in [0.29, 0.717) is 12.5 Å². The van der Waals surface area contributed by atoms with Crippen LogP contribution in [0.5, 0.6) is 0 Å². The summed E-state index contributed by atoms with van der Waals surface area (Å²) in [5.74, 6) is 5.25. The Balaban J connectivity index is 4.03. The highest BCUT2D eigenvalue weighted by Crippen LogP contribution is 2.13. The monoisotopic (exact) mass is 246 g/mol. The molecule has 0 saturated heterocycles. The third-order valence-electron chi connectivity index (χ3n) is 2.83. The van der Waals surface area contributed by atoms with Crippen LogP contribution in [0.1, 0.15) is 39.5 Å². The minimum Gasteiger partial charge on any atom is -0.381 e. The Labute approximate surface area is 104 Å². The minimum atomic E-state index is -0.610. The maximum atomic E-state index is 11.4. The van der Waals surface area contributed by atoms with Gasteiger partial charge in [0.25, 0.3) is 5.91 Å². The third kappa shape index (κ3) is 7.31. The molecule has 0 fully saturated rings. The van der Waals surface area contributed by atoms with Crippen LogP contribution in [-0.2, 0) is 14.3 Å². The van der Waals surface area contributed by atoms with Crippen LogP contribution in [0.4, 0.5) is 0 Å². The van der Waals surface area contributed by atoms with E-state index in [9.17, 15) is 4.79 Å². The standard InChI is InChI=1S/C12H26N2O3/c1-4-6-7-10(5-2)8-17-11(9-16-3)12(15)14-13/h10-11H,4-9,13H2,1-3H3,(H,14,15). The Kier molecular flexibility index (Phi) is 10.1. The Morgan fingerprint density at radius 1 is 1.35 bits per heavy atom. The molecule has 0 rings (SSSR count). The van der Waals surface area contributed by atoms with Gasteiger partial charge in [0.15, 0.2) is 6.10 Å².